The molecule has 22 heavy (non-hydrogen) atoms. The molecule has 0 spiro atoms. The van der Waals surface area contributed by atoms with Crippen LogP contribution in [0.4, 0.5) is 5.69 Å². The highest BCUT2D eigenvalue weighted by Gasteiger charge is 2.14. The Kier molecular flexibility index (Phi) is 3.59. The van der Waals surface area contributed by atoms with Crippen molar-refractivity contribution in [2.45, 2.75) is 6.92 Å². The largest absolute Gasteiger partial charge is 0.497 e. The van der Waals surface area contributed by atoms with Crippen LogP contribution in [0, 0.1) is 6.92 Å². The van der Waals surface area contributed by atoms with Crippen LogP contribution >= 0.6 is 0 Å². The standard InChI is InChI=1S/C18H18N2O2/c1-12-5-4-6-14(9-12)19-18(21)17-11-13-10-15(22-3)7-8-16(13)20(17)2/h4-11H,1-3H3,(H,19,21). The molecule has 0 aliphatic rings. The van der Waals surface area contributed by atoms with Crippen molar-refractivity contribution < 1.29 is 9.53 Å². The Bertz CT molecular complexity index is 849. The normalized spacial score (nSPS) is 10.7. The zero-order chi connectivity index (χ0) is 15.7. The minimum absolute atomic E-state index is 0.122. The van der Waals surface area contributed by atoms with Crippen LogP contribution in [0.5, 0.6) is 5.75 Å². The summed E-state index contributed by atoms with van der Waals surface area (Å²) in [4.78, 5) is 12.5. The van der Waals surface area contributed by atoms with Gasteiger partial charge in [-0.15, -0.1) is 0 Å². The fraction of sp³-hybridized carbons (Fsp3) is 0.167. The Balaban J connectivity index is 1.95. The Labute approximate surface area is 129 Å². The number of anilines is 1. The molecule has 3 rings (SSSR count). The Morgan fingerprint density at radius 1 is 1.14 bits per heavy atom. The number of carbonyl (C=O) groups excluding carboxylic acids is 1. The minimum atomic E-state index is -0.122. The van der Waals surface area contributed by atoms with E-state index in [2.05, 4.69) is 5.32 Å². The van der Waals surface area contributed by atoms with Crippen LogP contribution < -0.4 is 10.1 Å². The molecule has 4 nitrogen and oxygen atoms in total. The Morgan fingerprint density at radius 3 is 2.68 bits per heavy atom. The van der Waals surface area contributed by atoms with Crippen LogP contribution in [0.15, 0.2) is 48.5 Å². The Morgan fingerprint density at radius 2 is 1.95 bits per heavy atom. The number of nitrogens with one attached hydrogen (secondary N) is 1. The quantitative estimate of drug-likeness (QED) is 0.799. The zero-order valence-corrected chi connectivity index (χ0v) is 12.9. The van der Waals surface area contributed by atoms with Crippen molar-refractivity contribution >= 4 is 22.5 Å². The first-order chi connectivity index (χ1) is 10.6. The molecule has 0 unspecified atom stereocenters. The van der Waals surface area contributed by atoms with E-state index in [4.69, 9.17) is 4.74 Å². The van der Waals surface area contributed by atoms with E-state index in [1.807, 2.05) is 67.1 Å². The van der Waals surface area contributed by atoms with Gasteiger partial charge in [0.25, 0.3) is 5.91 Å². The summed E-state index contributed by atoms with van der Waals surface area (Å²) in [6, 6.07) is 15.4. The smallest absolute Gasteiger partial charge is 0.272 e. The van der Waals surface area contributed by atoms with E-state index in [1.54, 1.807) is 7.11 Å². The molecular formula is C18H18N2O2. The van der Waals surface area contributed by atoms with Crippen molar-refractivity contribution in [1.82, 2.24) is 4.57 Å². The average Bonchev–Trinajstić information content (AvgIpc) is 2.84. The summed E-state index contributed by atoms with van der Waals surface area (Å²) in [6.07, 6.45) is 0. The molecule has 4 heteroatoms. The predicted octanol–water partition coefficient (Wildman–Crippen LogP) is 3.75. The van der Waals surface area contributed by atoms with Gasteiger partial charge in [-0.3, -0.25) is 4.79 Å². The van der Waals surface area contributed by atoms with E-state index in [0.29, 0.717) is 5.69 Å². The molecule has 1 N–H and O–H groups in total. The summed E-state index contributed by atoms with van der Waals surface area (Å²) in [7, 11) is 3.52. The fourth-order valence-corrected chi connectivity index (χ4v) is 2.59. The van der Waals surface area contributed by atoms with E-state index < -0.39 is 0 Å². The van der Waals surface area contributed by atoms with Gasteiger partial charge in [-0.1, -0.05) is 12.1 Å². The second-order valence-corrected chi connectivity index (χ2v) is 5.34. The van der Waals surface area contributed by atoms with Crippen molar-refractivity contribution in [3.8, 4) is 5.75 Å². The second-order valence-electron chi connectivity index (χ2n) is 5.34. The van der Waals surface area contributed by atoms with E-state index in [1.165, 1.54) is 0 Å². The number of amides is 1. The first-order valence-electron chi connectivity index (χ1n) is 7.10. The molecular weight excluding hydrogens is 276 g/mol. The van der Waals surface area contributed by atoms with Gasteiger partial charge < -0.3 is 14.6 Å². The zero-order valence-electron chi connectivity index (χ0n) is 12.9. The maximum Gasteiger partial charge on any atom is 0.272 e. The highest BCUT2D eigenvalue weighted by Crippen LogP contribution is 2.24. The van der Waals surface area contributed by atoms with Gasteiger partial charge in [0, 0.05) is 23.6 Å². The first-order valence-corrected chi connectivity index (χ1v) is 7.10. The van der Waals surface area contributed by atoms with Crippen LogP contribution in [0.25, 0.3) is 10.9 Å². The summed E-state index contributed by atoms with van der Waals surface area (Å²) in [5.41, 5.74) is 3.52. The first kappa shape index (κ1) is 14.2. The maximum atomic E-state index is 12.5. The van der Waals surface area contributed by atoms with E-state index in [9.17, 15) is 4.79 Å². The minimum Gasteiger partial charge on any atom is -0.497 e. The lowest BCUT2D eigenvalue weighted by atomic mass is 10.2. The van der Waals surface area contributed by atoms with Crippen LogP contribution in [0.1, 0.15) is 16.1 Å². The molecule has 3 aromatic rings. The average molecular weight is 294 g/mol. The lowest BCUT2D eigenvalue weighted by molar-refractivity contribution is 0.102. The summed E-state index contributed by atoms with van der Waals surface area (Å²) in [6.45, 7) is 2.00. The number of fused-ring (bicyclic) bond motifs is 1. The van der Waals surface area contributed by atoms with Crippen molar-refractivity contribution in [2.24, 2.45) is 7.05 Å². The number of rotatable bonds is 3. The number of aryl methyl sites for hydroxylation is 2. The van der Waals surface area contributed by atoms with Crippen molar-refractivity contribution in [3.63, 3.8) is 0 Å². The number of carbonyl (C=O) groups is 1. The molecule has 0 saturated heterocycles. The highest BCUT2D eigenvalue weighted by atomic mass is 16.5. The van der Waals surface area contributed by atoms with Crippen LogP contribution in [-0.4, -0.2) is 17.6 Å². The fourth-order valence-electron chi connectivity index (χ4n) is 2.59. The number of hydrogen-bond donors (Lipinski definition) is 1. The van der Waals surface area contributed by atoms with Crippen LogP contribution in [0.2, 0.25) is 0 Å². The Hall–Kier alpha value is -2.75. The van der Waals surface area contributed by atoms with Gasteiger partial charge >= 0.3 is 0 Å². The second kappa shape index (κ2) is 5.56. The predicted molar refractivity (Wildman–Crippen MR) is 88.6 cm³/mol. The molecule has 0 bridgehead atoms. The van der Waals surface area contributed by atoms with Gasteiger partial charge in [0.2, 0.25) is 0 Å². The molecule has 0 aliphatic heterocycles. The molecule has 1 amide bonds. The maximum absolute atomic E-state index is 12.5. The molecule has 0 saturated carbocycles. The molecule has 1 aromatic heterocycles. The van der Waals surface area contributed by atoms with Crippen molar-refractivity contribution in [2.75, 3.05) is 12.4 Å². The third-order valence-electron chi connectivity index (χ3n) is 3.76. The third-order valence-corrected chi connectivity index (χ3v) is 3.76. The van der Waals surface area contributed by atoms with Crippen molar-refractivity contribution in [3.05, 3.63) is 59.8 Å². The number of aromatic nitrogens is 1. The SMILES string of the molecule is COc1ccc2c(c1)cc(C(=O)Nc1cccc(C)c1)n2C. The number of benzene rings is 2. The lowest BCUT2D eigenvalue weighted by Crippen LogP contribution is -2.15. The van der Waals surface area contributed by atoms with Crippen LogP contribution in [0.3, 0.4) is 0 Å². The van der Waals surface area contributed by atoms with Gasteiger partial charge in [0.05, 0.1) is 7.11 Å². The van der Waals surface area contributed by atoms with Crippen LogP contribution in [-0.2, 0) is 7.05 Å². The lowest BCUT2D eigenvalue weighted by Gasteiger charge is -2.07. The van der Waals surface area contributed by atoms with E-state index in [-0.39, 0.29) is 5.91 Å². The van der Waals surface area contributed by atoms with Gasteiger partial charge in [0.15, 0.2) is 0 Å². The third kappa shape index (κ3) is 2.55. The van der Waals surface area contributed by atoms with Gasteiger partial charge in [-0.2, -0.15) is 0 Å². The van der Waals surface area contributed by atoms with Gasteiger partial charge in [-0.05, 0) is 48.9 Å². The molecule has 1 heterocycles. The summed E-state index contributed by atoms with van der Waals surface area (Å²) < 4.78 is 7.12. The molecule has 0 aliphatic carbocycles. The molecule has 0 radical (unpaired) electrons. The van der Waals surface area contributed by atoms with Gasteiger partial charge in [-0.25, -0.2) is 0 Å². The highest BCUT2D eigenvalue weighted by molar-refractivity contribution is 6.06. The van der Waals surface area contributed by atoms with E-state index in [0.717, 1.165) is 27.9 Å². The number of methoxy groups -OCH3 is 1. The monoisotopic (exact) mass is 294 g/mol. The van der Waals surface area contributed by atoms with E-state index >= 15 is 0 Å². The van der Waals surface area contributed by atoms with Crippen molar-refractivity contribution in [1.29, 1.82) is 0 Å². The number of hydrogen-bond acceptors (Lipinski definition) is 2. The molecule has 112 valence electrons. The molecule has 0 atom stereocenters. The number of ether oxygens (including phenoxy) is 1. The van der Waals surface area contributed by atoms with Gasteiger partial charge in [0.1, 0.15) is 11.4 Å². The molecule has 0 fully saturated rings. The summed E-state index contributed by atoms with van der Waals surface area (Å²) in [5, 5.41) is 3.92. The topological polar surface area (TPSA) is 43.3 Å². The summed E-state index contributed by atoms with van der Waals surface area (Å²) >= 11 is 0. The molecule has 2 aromatic carbocycles. The summed E-state index contributed by atoms with van der Waals surface area (Å²) in [5.74, 6) is 0.659. The number of nitrogens with zero attached hydrogens (tertiary/aromatic N) is 1.